The van der Waals surface area contributed by atoms with Crippen LogP contribution in [0.4, 0.5) is 0 Å². The molecule has 1 aliphatic carbocycles. The van der Waals surface area contributed by atoms with Crippen molar-refractivity contribution < 1.29 is 13.0 Å². The number of benzene rings is 2. The summed E-state index contributed by atoms with van der Waals surface area (Å²) >= 11 is 0. The van der Waals surface area contributed by atoms with Gasteiger partial charge in [-0.2, -0.15) is 8.42 Å². The van der Waals surface area contributed by atoms with Gasteiger partial charge in [-0.15, -0.1) is 0 Å². The predicted octanol–water partition coefficient (Wildman–Crippen LogP) is 5.41. The third kappa shape index (κ3) is 3.35. The molecule has 2 aromatic rings. The zero-order chi connectivity index (χ0) is 17.5. The minimum absolute atomic E-state index is 0.0837. The molecule has 0 aromatic heterocycles. The molecule has 0 atom stereocenters. The Hall–Kier alpha value is -1.39. The van der Waals surface area contributed by atoms with Gasteiger partial charge in [0.2, 0.25) is 0 Å². The number of fused-ring (bicyclic) bond motifs is 1. The van der Waals surface area contributed by atoms with Crippen molar-refractivity contribution in [1.82, 2.24) is 0 Å². The second-order valence-electron chi connectivity index (χ2n) is 8.09. The Kier molecular flexibility index (Phi) is 4.47. The molecule has 130 valence electrons. The molecular weight excluding hydrogens is 320 g/mol. The molecule has 0 saturated heterocycles. The van der Waals surface area contributed by atoms with Crippen LogP contribution in [0, 0.1) is 11.3 Å². The summed E-state index contributed by atoms with van der Waals surface area (Å²) in [6.07, 6.45) is 4.14. The first-order chi connectivity index (χ1) is 11.2. The summed E-state index contributed by atoms with van der Waals surface area (Å²) in [5.41, 5.74) is 1.10. The summed E-state index contributed by atoms with van der Waals surface area (Å²) in [4.78, 5) is 0.0837. The second kappa shape index (κ2) is 6.16. The first kappa shape index (κ1) is 17.4. The van der Waals surface area contributed by atoms with Crippen molar-refractivity contribution in [3.63, 3.8) is 0 Å². The summed E-state index contributed by atoms with van der Waals surface area (Å²) in [6.45, 7) is 6.83. The molecule has 24 heavy (non-hydrogen) atoms. The van der Waals surface area contributed by atoms with Crippen LogP contribution in [-0.4, -0.2) is 13.0 Å². The zero-order valence-electron chi connectivity index (χ0n) is 14.6. The highest BCUT2D eigenvalue weighted by molar-refractivity contribution is 7.85. The Morgan fingerprint density at radius 1 is 0.958 bits per heavy atom. The molecule has 3 nitrogen and oxygen atoms in total. The highest BCUT2D eigenvalue weighted by atomic mass is 32.2. The smallest absolute Gasteiger partial charge is 0.282 e. The van der Waals surface area contributed by atoms with Gasteiger partial charge >= 0.3 is 0 Å². The highest BCUT2D eigenvalue weighted by Crippen LogP contribution is 2.46. The lowest BCUT2D eigenvalue weighted by Crippen LogP contribution is -2.25. The van der Waals surface area contributed by atoms with Gasteiger partial charge in [0.25, 0.3) is 10.1 Å². The van der Waals surface area contributed by atoms with E-state index in [0.717, 1.165) is 42.0 Å². The van der Waals surface area contributed by atoms with Crippen LogP contribution in [0.2, 0.25) is 0 Å². The Bertz CT molecular complexity index is 839. The molecule has 0 radical (unpaired) electrons. The number of hydrogen-bond acceptors (Lipinski definition) is 2. The molecular formula is C20H26O3S. The van der Waals surface area contributed by atoms with Crippen LogP contribution >= 0.6 is 0 Å². The van der Waals surface area contributed by atoms with Crippen molar-refractivity contribution >= 4 is 20.9 Å². The highest BCUT2D eigenvalue weighted by Gasteiger charge is 2.33. The third-order valence-corrected chi connectivity index (χ3v) is 6.48. The van der Waals surface area contributed by atoms with Crippen LogP contribution in [-0.2, 0) is 10.1 Å². The Balaban J connectivity index is 2.05. The van der Waals surface area contributed by atoms with E-state index in [1.165, 1.54) is 0 Å². The maximum atomic E-state index is 11.9. The topological polar surface area (TPSA) is 54.4 Å². The van der Waals surface area contributed by atoms with Crippen molar-refractivity contribution in [2.24, 2.45) is 11.3 Å². The minimum atomic E-state index is -4.22. The lowest BCUT2D eigenvalue weighted by molar-refractivity contribution is 0.169. The van der Waals surface area contributed by atoms with Crippen LogP contribution < -0.4 is 0 Å². The van der Waals surface area contributed by atoms with Gasteiger partial charge in [-0.1, -0.05) is 51.1 Å². The third-order valence-electron chi connectivity index (χ3n) is 5.57. The molecule has 0 heterocycles. The van der Waals surface area contributed by atoms with E-state index in [2.05, 4.69) is 20.8 Å². The molecule has 2 aromatic carbocycles. The van der Waals surface area contributed by atoms with Crippen molar-refractivity contribution in [3.8, 4) is 0 Å². The Morgan fingerprint density at radius 3 is 2.17 bits per heavy atom. The van der Waals surface area contributed by atoms with Gasteiger partial charge in [-0.05, 0) is 65.3 Å². The molecule has 1 aliphatic rings. The van der Waals surface area contributed by atoms with E-state index in [1.54, 1.807) is 12.1 Å². The normalized spacial score (nSPS) is 22.7. The minimum Gasteiger partial charge on any atom is -0.282 e. The quantitative estimate of drug-likeness (QED) is 0.740. The van der Waals surface area contributed by atoms with Gasteiger partial charge < -0.3 is 0 Å². The standard InChI is InChI=1S/C20H26O3S/c1-20(2,3)16-11-8-15(9-12-16)19-17-7-5-4-6-14(17)10-13-18(19)24(21,22)23/h4-7,10,13,15-16H,8-9,11-12H2,1-3H3,(H,21,22,23). The van der Waals surface area contributed by atoms with Gasteiger partial charge in [0, 0.05) is 0 Å². The van der Waals surface area contributed by atoms with E-state index < -0.39 is 10.1 Å². The van der Waals surface area contributed by atoms with Gasteiger partial charge in [0.05, 0.1) is 4.90 Å². The summed E-state index contributed by atoms with van der Waals surface area (Å²) in [5, 5.41) is 1.98. The summed E-state index contributed by atoms with van der Waals surface area (Å²) in [6, 6.07) is 11.2. The van der Waals surface area contributed by atoms with Gasteiger partial charge in [-0.3, -0.25) is 4.55 Å². The van der Waals surface area contributed by atoms with Crippen molar-refractivity contribution in [2.75, 3.05) is 0 Å². The maximum absolute atomic E-state index is 11.9. The Morgan fingerprint density at radius 2 is 1.58 bits per heavy atom. The van der Waals surface area contributed by atoms with Crippen LogP contribution in [0.1, 0.15) is 57.9 Å². The summed E-state index contributed by atoms with van der Waals surface area (Å²) in [5.74, 6) is 0.851. The molecule has 1 fully saturated rings. The van der Waals surface area contributed by atoms with E-state index >= 15 is 0 Å². The molecule has 0 bridgehead atoms. The molecule has 0 aliphatic heterocycles. The second-order valence-corrected chi connectivity index (χ2v) is 9.48. The van der Waals surface area contributed by atoms with Gasteiger partial charge in [0.15, 0.2) is 0 Å². The van der Waals surface area contributed by atoms with Crippen LogP contribution in [0.3, 0.4) is 0 Å². The fourth-order valence-corrected chi connectivity index (χ4v) is 4.96. The largest absolute Gasteiger partial charge is 0.294 e. The fraction of sp³-hybridized carbons (Fsp3) is 0.500. The van der Waals surface area contributed by atoms with Crippen LogP contribution in [0.15, 0.2) is 41.3 Å². The molecule has 3 rings (SSSR count). The first-order valence-corrected chi connectivity index (χ1v) is 10.1. The van der Waals surface area contributed by atoms with E-state index in [1.807, 2.05) is 24.3 Å². The average Bonchev–Trinajstić information content (AvgIpc) is 2.52. The summed E-state index contributed by atoms with van der Waals surface area (Å²) < 4.78 is 33.6. The predicted molar refractivity (Wildman–Crippen MR) is 97.9 cm³/mol. The van der Waals surface area contributed by atoms with E-state index in [9.17, 15) is 13.0 Å². The lowest BCUT2D eigenvalue weighted by Gasteiger charge is -2.37. The average molecular weight is 346 g/mol. The van der Waals surface area contributed by atoms with Gasteiger partial charge in [0.1, 0.15) is 0 Å². The number of rotatable bonds is 2. The molecule has 0 unspecified atom stereocenters. The van der Waals surface area contributed by atoms with Crippen molar-refractivity contribution in [2.45, 2.75) is 57.3 Å². The molecule has 4 heteroatoms. The maximum Gasteiger partial charge on any atom is 0.294 e. The SMILES string of the molecule is CC(C)(C)C1CCC(c2c(S(=O)(=O)O)ccc3ccccc23)CC1. The van der Waals surface area contributed by atoms with Crippen molar-refractivity contribution in [3.05, 3.63) is 42.0 Å². The monoisotopic (exact) mass is 346 g/mol. The zero-order valence-corrected chi connectivity index (χ0v) is 15.4. The number of hydrogen-bond donors (Lipinski definition) is 1. The van der Waals surface area contributed by atoms with Crippen LogP contribution in [0.25, 0.3) is 10.8 Å². The molecule has 1 N–H and O–H groups in total. The van der Waals surface area contributed by atoms with Gasteiger partial charge in [-0.25, -0.2) is 0 Å². The Labute approximate surface area is 144 Å². The first-order valence-electron chi connectivity index (χ1n) is 8.67. The molecule has 0 spiro atoms. The van der Waals surface area contributed by atoms with E-state index in [0.29, 0.717) is 5.92 Å². The molecule has 1 saturated carbocycles. The van der Waals surface area contributed by atoms with Crippen LogP contribution in [0.5, 0.6) is 0 Å². The van der Waals surface area contributed by atoms with E-state index in [4.69, 9.17) is 0 Å². The molecule has 0 amide bonds. The fourth-order valence-electron chi connectivity index (χ4n) is 4.17. The van der Waals surface area contributed by atoms with E-state index in [-0.39, 0.29) is 16.2 Å². The van der Waals surface area contributed by atoms with Crippen molar-refractivity contribution in [1.29, 1.82) is 0 Å². The summed E-state index contributed by atoms with van der Waals surface area (Å²) in [7, 11) is -4.22. The lowest BCUT2D eigenvalue weighted by atomic mass is 9.68.